The van der Waals surface area contributed by atoms with Crippen molar-refractivity contribution in [2.24, 2.45) is 5.73 Å². The molecule has 0 bridgehead atoms. The molecule has 1 aliphatic heterocycles. The van der Waals surface area contributed by atoms with Crippen LogP contribution in [-0.2, 0) is 13.1 Å². The molecule has 3 N–H and O–H groups in total. The summed E-state index contributed by atoms with van der Waals surface area (Å²) in [5, 5.41) is 15.4. The zero-order chi connectivity index (χ0) is 12.5. The zero-order valence-electron chi connectivity index (χ0n) is 9.87. The molecule has 0 amide bonds. The molecular weight excluding hydrogens is 228 g/mol. The number of anilines is 1. The summed E-state index contributed by atoms with van der Waals surface area (Å²) in [6, 6.07) is 7.72. The van der Waals surface area contributed by atoms with Gasteiger partial charge in [-0.05, 0) is 24.3 Å². The highest BCUT2D eigenvalue weighted by Crippen LogP contribution is 2.20. The summed E-state index contributed by atoms with van der Waals surface area (Å²) in [4.78, 5) is 2.24. The molecule has 0 fully saturated rings. The van der Waals surface area contributed by atoms with Crippen molar-refractivity contribution in [1.29, 1.82) is 5.41 Å². The van der Waals surface area contributed by atoms with Crippen LogP contribution < -0.4 is 10.6 Å². The van der Waals surface area contributed by atoms with Gasteiger partial charge in [0.1, 0.15) is 12.2 Å². The van der Waals surface area contributed by atoms with Gasteiger partial charge < -0.3 is 15.2 Å². The van der Waals surface area contributed by atoms with Gasteiger partial charge in [0, 0.05) is 24.3 Å². The second-order valence-corrected chi connectivity index (χ2v) is 4.32. The van der Waals surface area contributed by atoms with E-state index in [2.05, 4.69) is 19.7 Å². The van der Waals surface area contributed by atoms with Gasteiger partial charge in [0.15, 0.2) is 5.82 Å². The summed E-state index contributed by atoms with van der Waals surface area (Å²) in [5.74, 6) is 1.08. The van der Waals surface area contributed by atoms with Crippen molar-refractivity contribution in [2.75, 3.05) is 11.4 Å². The highest BCUT2D eigenvalue weighted by molar-refractivity contribution is 5.95. The van der Waals surface area contributed by atoms with Crippen molar-refractivity contribution < 1.29 is 0 Å². The van der Waals surface area contributed by atoms with Crippen LogP contribution in [-0.4, -0.2) is 27.1 Å². The molecule has 0 radical (unpaired) electrons. The first-order valence-electron chi connectivity index (χ1n) is 5.80. The van der Waals surface area contributed by atoms with Crippen molar-refractivity contribution >= 4 is 11.5 Å². The molecule has 92 valence electrons. The maximum Gasteiger partial charge on any atom is 0.152 e. The Labute approximate surface area is 105 Å². The molecule has 0 atom stereocenters. The van der Waals surface area contributed by atoms with Crippen LogP contribution in [0.3, 0.4) is 0 Å². The Morgan fingerprint density at radius 1 is 1.22 bits per heavy atom. The first kappa shape index (κ1) is 10.8. The molecule has 3 rings (SSSR count). The van der Waals surface area contributed by atoms with Crippen LogP contribution in [0.5, 0.6) is 0 Å². The zero-order valence-corrected chi connectivity index (χ0v) is 9.87. The smallest absolute Gasteiger partial charge is 0.152 e. The molecular formula is C12H14N6. The van der Waals surface area contributed by atoms with Gasteiger partial charge in [-0.25, -0.2) is 0 Å². The number of nitrogens with two attached hydrogens (primary N) is 1. The Kier molecular flexibility index (Phi) is 2.47. The largest absolute Gasteiger partial charge is 0.384 e. The Morgan fingerprint density at radius 3 is 2.72 bits per heavy atom. The lowest BCUT2D eigenvalue weighted by Gasteiger charge is -2.29. The third kappa shape index (κ3) is 1.81. The first-order chi connectivity index (χ1) is 8.74. The summed E-state index contributed by atoms with van der Waals surface area (Å²) < 4.78 is 2.07. The van der Waals surface area contributed by atoms with Crippen LogP contribution in [0.2, 0.25) is 0 Å². The molecule has 0 aliphatic carbocycles. The normalized spacial score (nSPS) is 14.3. The minimum Gasteiger partial charge on any atom is -0.384 e. The van der Waals surface area contributed by atoms with Gasteiger partial charge >= 0.3 is 0 Å². The number of hydrogen-bond donors (Lipinski definition) is 2. The van der Waals surface area contributed by atoms with Crippen LogP contribution >= 0.6 is 0 Å². The van der Waals surface area contributed by atoms with E-state index in [0.29, 0.717) is 0 Å². The first-order valence-corrected chi connectivity index (χ1v) is 5.80. The van der Waals surface area contributed by atoms with Gasteiger partial charge in [0.2, 0.25) is 0 Å². The average Bonchev–Trinajstić information content (AvgIpc) is 2.86. The second kappa shape index (κ2) is 4.14. The average molecular weight is 242 g/mol. The molecule has 1 aliphatic rings. The number of rotatable bonds is 2. The number of aromatic nitrogens is 3. The van der Waals surface area contributed by atoms with Gasteiger partial charge in [-0.15, -0.1) is 10.2 Å². The lowest BCUT2D eigenvalue weighted by atomic mass is 10.1. The Balaban J connectivity index is 1.82. The van der Waals surface area contributed by atoms with Crippen molar-refractivity contribution in [3.8, 4) is 0 Å². The van der Waals surface area contributed by atoms with Crippen LogP contribution in [0, 0.1) is 5.41 Å². The van der Waals surface area contributed by atoms with Gasteiger partial charge in [-0.2, -0.15) is 0 Å². The standard InChI is InChI=1S/C12H14N6/c13-12(14)9-1-3-10(4-2-9)17-5-6-18-8-15-16-11(18)7-17/h1-4,8H,5-7H2,(H3,13,14). The molecule has 0 saturated carbocycles. The van der Waals surface area contributed by atoms with Gasteiger partial charge in [0.25, 0.3) is 0 Å². The third-order valence-electron chi connectivity index (χ3n) is 3.18. The van der Waals surface area contributed by atoms with E-state index >= 15 is 0 Å². The lowest BCUT2D eigenvalue weighted by Crippen LogP contribution is -2.33. The molecule has 6 nitrogen and oxygen atoms in total. The topological polar surface area (TPSA) is 83.8 Å². The number of nitrogens with zero attached hydrogens (tertiary/aromatic N) is 4. The van der Waals surface area contributed by atoms with Crippen LogP contribution in [0.1, 0.15) is 11.4 Å². The van der Waals surface area contributed by atoms with Crippen molar-refractivity contribution in [1.82, 2.24) is 14.8 Å². The fourth-order valence-corrected chi connectivity index (χ4v) is 2.14. The van der Waals surface area contributed by atoms with Gasteiger partial charge in [-0.3, -0.25) is 5.41 Å². The van der Waals surface area contributed by atoms with Gasteiger partial charge in [-0.1, -0.05) is 0 Å². The maximum absolute atomic E-state index is 7.37. The molecule has 18 heavy (non-hydrogen) atoms. The fourth-order valence-electron chi connectivity index (χ4n) is 2.14. The van der Waals surface area contributed by atoms with E-state index in [0.717, 1.165) is 36.7 Å². The summed E-state index contributed by atoms with van der Waals surface area (Å²) in [6.07, 6.45) is 1.77. The monoisotopic (exact) mass is 242 g/mol. The van der Waals surface area contributed by atoms with Crippen molar-refractivity contribution in [3.05, 3.63) is 42.0 Å². The second-order valence-electron chi connectivity index (χ2n) is 4.32. The molecule has 0 saturated heterocycles. The van der Waals surface area contributed by atoms with E-state index in [9.17, 15) is 0 Å². The summed E-state index contributed by atoms with van der Waals surface area (Å²) >= 11 is 0. The predicted octanol–water partition coefficient (Wildman–Crippen LogP) is 0.582. The summed E-state index contributed by atoms with van der Waals surface area (Å²) in [5.41, 5.74) is 7.31. The summed E-state index contributed by atoms with van der Waals surface area (Å²) in [7, 11) is 0. The van der Waals surface area contributed by atoms with E-state index in [1.54, 1.807) is 6.33 Å². The van der Waals surface area contributed by atoms with E-state index < -0.39 is 0 Å². The van der Waals surface area contributed by atoms with Crippen molar-refractivity contribution in [3.63, 3.8) is 0 Å². The lowest BCUT2D eigenvalue weighted by molar-refractivity contribution is 0.560. The Morgan fingerprint density at radius 2 is 2.00 bits per heavy atom. The number of nitrogens with one attached hydrogen (secondary N) is 1. The van der Waals surface area contributed by atoms with E-state index in [-0.39, 0.29) is 5.84 Å². The predicted molar refractivity (Wildman–Crippen MR) is 68.5 cm³/mol. The van der Waals surface area contributed by atoms with Crippen LogP contribution in [0.25, 0.3) is 0 Å². The maximum atomic E-state index is 7.37. The van der Waals surface area contributed by atoms with E-state index in [1.807, 2.05) is 24.3 Å². The molecule has 2 heterocycles. The molecule has 0 unspecified atom stereocenters. The minimum absolute atomic E-state index is 0.0972. The molecule has 2 aromatic rings. The number of amidine groups is 1. The number of nitrogen functional groups attached to an aromatic ring is 1. The minimum atomic E-state index is 0.0972. The van der Waals surface area contributed by atoms with Crippen molar-refractivity contribution in [2.45, 2.75) is 13.1 Å². The van der Waals surface area contributed by atoms with E-state index in [1.165, 1.54) is 0 Å². The third-order valence-corrected chi connectivity index (χ3v) is 3.18. The number of hydrogen-bond acceptors (Lipinski definition) is 4. The number of benzene rings is 1. The van der Waals surface area contributed by atoms with E-state index in [4.69, 9.17) is 11.1 Å². The Bertz CT molecular complexity index is 571. The fraction of sp³-hybridized carbons (Fsp3) is 0.250. The quantitative estimate of drug-likeness (QED) is 0.596. The molecule has 1 aromatic heterocycles. The highest BCUT2D eigenvalue weighted by atomic mass is 15.3. The molecule has 1 aromatic carbocycles. The summed E-state index contributed by atoms with van der Waals surface area (Å²) in [6.45, 7) is 2.60. The highest BCUT2D eigenvalue weighted by Gasteiger charge is 2.17. The molecule has 6 heteroatoms. The molecule has 0 spiro atoms. The van der Waals surface area contributed by atoms with Crippen LogP contribution in [0.4, 0.5) is 5.69 Å². The van der Waals surface area contributed by atoms with Gasteiger partial charge in [0.05, 0.1) is 6.54 Å². The Hall–Kier alpha value is -2.37. The number of fused-ring (bicyclic) bond motifs is 1. The van der Waals surface area contributed by atoms with Crippen LogP contribution in [0.15, 0.2) is 30.6 Å². The SMILES string of the molecule is N=C(N)c1ccc(N2CCn3cnnc3C2)cc1.